The van der Waals surface area contributed by atoms with E-state index in [0.717, 1.165) is 12.8 Å². The fourth-order valence-electron chi connectivity index (χ4n) is 1.34. The minimum Gasteiger partial charge on any atom is -0.339 e. The van der Waals surface area contributed by atoms with Crippen molar-refractivity contribution in [1.29, 1.82) is 0 Å². The van der Waals surface area contributed by atoms with Gasteiger partial charge in [-0.05, 0) is 46.6 Å². The molecule has 0 radical (unpaired) electrons. The van der Waals surface area contributed by atoms with Crippen LogP contribution in [-0.2, 0) is 4.79 Å². The SMILES string of the molecule is CC=CC(=O)N(C)CC=C(C)CCC=C(C)C. The largest absolute Gasteiger partial charge is 0.339 e. The van der Waals surface area contributed by atoms with Crippen molar-refractivity contribution in [2.45, 2.75) is 40.5 Å². The third-order valence-corrected chi connectivity index (χ3v) is 2.49. The van der Waals surface area contributed by atoms with Gasteiger partial charge in [-0.25, -0.2) is 0 Å². The zero-order chi connectivity index (χ0) is 13.3. The maximum Gasteiger partial charge on any atom is 0.246 e. The van der Waals surface area contributed by atoms with Crippen LogP contribution in [0.2, 0.25) is 0 Å². The second-order valence-electron chi connectivity index (χ2n) is 4.59. The number of amides is 1. The normalized spacial score (nSPS) is 11.7. The van der Waals surface area contributed by atoms with E-state index < -0.39 is 0 Å². The van der Waals surface area contributed by atoms with Crippen molar-refractivity contribution in [2.24, 2.45) is 0 Å². The first-order valence-electron chi connectivity index (χ1n) is 6.14. The smallest absolute Gasteiger partial charge is 0.246 e. The molecule has 0 spiro atoms. The quantitative estimate of drug-likeness (QED) is 0.507. The van der Waals surface area contributed by atoms with Gasteiger partial charge in [0.15, 0.2) is 0 Å². The Bertz CT molecular complexity index is 320. The summed E-state index contributed by atoms with van der Waals surface area (Å²) >= 11 is 0. The zero-order valence-electron chi connectivity index (χ0n) is 11.8. The van der Waals surface area contributed by atoms with Gasteiger partial charge in [-0.1, -0.05) is 29.4 Å². The van der Waals surface area contributed by atoms with Gasteiger partial charge < -0.3 is 4.90 Å². The second kappa shape index (κ2) is 8.80. The molecule has 17 heavy (non-hydrogen) atoms. The van der Waals surface area contributed by atoms with Crippen molar-refractivity contribution in [3.05, 3.63) is 35.5 Å². The Hall–Kier alpha value is -1.31. The van der Waals surface area contributed by atoms with Crippen molar-refractivity contribution in [1.82, 2.24) is 4.90 Å². The van der Waals surface area contributed by atoms with Gasteiger partial charge >= 0.3 is 0 Å². The number of carbonyl (C=O) groups is 1. The molecule has 0 aromatic rings. The summed E-state index contributed by atoms with van der Waals surface area (Å²) in [5.41, 5.74) is 2.70. The minimum absolute atomic E-state index is 0.0563. The van der Waals surface area contributed by atoms with E-state index in [4.69, 9.17) is 0 Å². The van der Waals surface area contributed by atoms with Gasteiger partial charge in [0, 0.05) is 13.6 Å². The van der Waals surface area contributed by atoms with Gasteiger partial charge in [0.25, 0.3) is 0 Å². The van der Waals surface area contributed by atoms with E-state index in [1.165, 1.54) is 11.1 Å². The first-order valence-corrected chi connectivity index (χ1v) is 6.14. The minimum atomic E-state index is 0.0563. The highest BCUT2D eigenvalue weighted by molar-refractivity contribution is 5.87. The maximum absolute atomic E-state index is 11.5. The van der Waals surface area contributed by atoms with Crippen molar-refractivity contribution in [2.75, 3.05) is 13.6 Å². The molecule has 0 bridgehead atoms. The molecule has 0 heterocycles. The summed E-state index contributed by atoms with van der Waals surface area (Å²) in [4.78, 5) is 13.2. The lowest BCUT2D eigenvalue weighted by atomic mass is 10.1. The van der Waals surface area contributed by atoms with Crippen LogP contribution in [0.25, 0.3) is 0 Å². The summed E-state index contributed by atoms with van der Waals surface area (Å²) in [7, 11) is 1.82. The Balaban J connectivity index is 4.06. The molecule has 0 rings (SSSR count). The lowest BCUT2D eigenvalue weighted by Crippen LogP contribution is -2.24. The van der Waals surface area contributed by atoms with Crippen molar-refractivity contribution in [3.63, 3.8) is 0 Å². The lowest BCUT2D eigenvalue weighted by Gasteiger charge is -2.12. The number of rotatable bonds is 6. The molecule has 0 saturated heterocycles. The van der Waals surface area contributed by atoms with Crippen LogP contribution < -0.4 is 0 Å². The van der Waals surface area contributed by atoms with Gasteiger partial charge in [-0.3, -0.25) is 4.79 Å². The van der Waals surface area contributed by atoms with Gasteiger partial charge in [0.1, 0.15) is 0 Å². The van der Waals surface area contributed by atoms with Crippen LogP contribution in [0.3, 0.4) is 0 Å². The standard InChI is InChI=1S/C15H25NO/c1-6-8-15(17)16(5)12-11-14(4)10-7-9-13(2)3/h6,8-9,11H,7,10,12H2,1-5H3. The van der Waals surface area contributed by atoms with Crippen LogP contribution in [0, 0.1) is 0 Å². The van der Waals surface area contributed by atoms with Crippen LogP contribution in [0.1, 0.15) is 40.5 Å². The first kappa shape index (κ1) is 15.7. The first-order chi connectivity index (χ1) is 7.97. The molecule has 96 valence electrons. The molecule has 0 aliphatic heterocycles. The highest BCUT2D eigenvalue weighted by atomic mass is 16.2. The molecule has 0 fully saturated rings. The Morgan fingerprint density at radius 2 is 1.82 bits per heavy atom. The van der Waals surface area contributed by atoms with E-state index >= 15 is 0 Å². The van der Waals surface area contributed by atoms with Crippen LogP contribution in [-0.4, -0.2) is 24.4 Å². The van der Waals surface area contributed by atoms with Crippen molar-refractivity contribution in [3.8, 4) is 0 Å². The fraction of sp³-hybridized carbons (Fsp3) is 0.533. The number of nitrogens with zero attached hydrogens (tertiary/aromatic N) is 1. The van der Waals surface area contributed by atoms with Gasteiger partial charge in [0.05, 0.1) is 0 Å². The van der Waals surface area contributed by atoms with Gasteiger partial charge in [0.2, 0.25) is 5.91 Å². The second-order valence-corrected chi connectivity index (χ2v) is 4.59. The van der Waals surface area contributed by atoms with E-state index in [9.17, 15) is 4.79 Å². The Kier molecular flexibility index (Phi) is 8.12. The molecule has 0 unspecified atom stereocenters. The maximum atomic E-state index is 11.5. The number of likely N-dealkylation sites (N-methyl/N-ethyl adjacent to an activating group) is 1. The molecule has 0 atom stereocenters. The summed E-state index contributed by atoms with van der Waals surface area (Å²) in [6, 6.07) is 0. The predicted molar refractivity (Wildman–Crippen MR) is 74.9 cm³/mol. The molecule has 0 aliphatic carbocycles. The predicted octanol–water partition coefficient (Wildman–Crippen LogP) is 3.71. The summed E-state index contributed by atoms with van der Waals surface area (Å²) in [5, 5.41) is 0. The van der Waals surface area contributed by atoms with E-state index in [1.807, 2.05) is 14.0 Å². The third-order valence-electron chi connectivity index (χ3n) is 2.49. The average molecular weight is 235 g/mol. The fourth-order valence-corrected chi connectivity index (χ4v) is 1.34. The third kappa shape index (κ3) is 8.49. The van der Waals surface area contributed by atoms with Gasteiger partial charge in [-0.2, -0.15) is 0 Å². The Morgan fingerprint density at radius 1 is 1.18 bits per heavy atom. The monoisotopic (exact) mass is 235 g/mol. The topological polar surface area (TPSA) is 20.3 Å². The van der Waals surface area contributed by atoms with E-state index in [-0.39, 0.29) is 5.91 Å². The molecule has 2 nitrogen and oxygen atoms in total. The van der Waals surface area contributed by atoms with Crippen molar-refractivity contribution < 1.29 is 4.79 Å². The number of carbonyl (C=O) groups excluding carboxylic acids is 1. The van der Waals surface area contributed by atoms with Crippen LogP contribution >= 0.6 is 0 Å². The summed E-state index contributed by atoms with van der Waals surface area (Å²) < 4.78 is 0. The van der Waals surface area contributed by atoms with E-state index in [1.54, 1.807) is 17.1 Å². The zero-order valence-corrected chi connectivity index (χ0v) is 11.8. The molecule has 0 aromatic carbocycles. The summed E-state index contributed by atoms with van der Waals surface area (Å²) in [6.07, 6.45) is 9.87. The molecule has 0 aromatic heterocycles. The average Bonchev–Trinajstić information content (AvgIpc) is 2.25. The Labute approximate surface area is 106 Å². The van der Waals surface area contributed by atoms with E-state index in [0.29, 0.717) is 6.54 Å². The molecule has 0 saturated carbocycles. The summed E-state index contributed by atoms with van der Waals surface area (Å²) in [5.74, 6) is 0.0563. The molecule has 0 aliphatic rings. The number of hydrogen-bond donors (Lipinski definition) is 0. The molecular formula is C15H25NO. The van der Waals surface area contributed by atoms with Crippen molar-refractivity contribution >= 4 is 5.91 Å². The highest BCUT2D eigenvalue weighted by Crippen LogP contribution is 2.06. The van der Waals surface area contributed by atoms with Crippen LogP contribution in [0.15, 0.2) is 35.5 Å². The number of hydrogen-bond acceptors (Lipinski definition) is 1. The van der Waals surface area contributed by atoms with Crippen LogP contribution in [0.4, 0.5) is 0 Å². The molecule has 2 heteroatoms. The Morgan fingerprint density at radius 3 is 2.35 bits per heavy atom. The molecule has 0 N–H and O–H groups in total. The summed E-state index contributed by atoms with van der Waals surface area (Å²) in [6.45, 7) is 8.88. The van der Waals surface area contributed by atoms with Gasteiger partial charge in [-0.15, -0.1) is 0 Å². The molecular weight excluding hydrogens is 210 g/mol. The molecule has 1 amide bonds. The number of allylic oxidation sites excluding steroid dienone is 4. The van der Waals surface area contributed by atoms with Crippen LogP contribution in [0.5, 0.6) is 0 Å². The highest BCUT2D eigenvalue weighted by Gasteiger charge is 2.01. The lowest BCUT2D eigenvalue weighted by molar-refractivity contribution is -0.124. The van der Waals surface area contributed by atoms with E-state index in [2.05, 4.69) is 32.9 Å².